The van der Waals surface area contributed by atoms with Gasteiger partial charge in [-0.1, -0.05) is 18.2 Å². The number of carbonyl (C=O) groups is 1. The van der Waals surface area contributed by atoms with Gasteiger partial charge in [0.2, 0.25) is 0 Å². The van der Waals surface area contributed by atoms with E-state index in [1.54, 1.807) is 0 Å². The van der Waals surface area contributed by atoms with Crippen LogP contribution in [-0.4, -0.2) is 60.6 Å². The van der Waals surface area contributed by atoms with Gasteiger partial charge in [-0.25, -0.2) is 4.79 Å². The fourth-order valence-corrected chi connectivity index (χ4v) is 2.90. The highest BCUT2D eigenvalue weighted by Crippen LogP contribution is 2.34. The van der Waals surface area contributed by atoms with Crippen LogP contribution in [0.1, 0.15) is 33.6 Å². The molecule has 2 rings (SSSR count). The van der Waals surface area contributed by atoms with Crippen molar-refractivity contribution in [2.24, 2.45) is 5.92 Å². The van der Waals surface area contributed by atoms with E-state index in [4.69, 9.17) is 9.47 Å². The molecule has 1 aromatic rings. The zero-order valence-corrected chi connectivity index (χ0v) is 16.3. The van der Waals surface area contributed by atoms with E-state index in [-0.39, 0.29) is 12.6 Å². The molecule has 1 fully saturated rings. The number of alkyl carbamates (subject to hydrolysis) is 1. The lowest BCUT2D eigenvalue weighted by Crippen LogP contribution is -2.47. The summed E-state index contributed by atoms with van der Waals surface area (Å²) in [6.45, 7) is 6.79. The molecule has 1 aromatic carbocycles. The second kappa shape index (κ2) is 9.24. The summed E-state index contributed by atoms with van der Waals surface area (Å²) >= 11 is 0. The number of nitrogens with one attached hydrogen (secondary N) is 1. The van der Waals surface area contributed by atoms with Crippen LogP contribution in [0.2, 0.25) is 0 Å². The van der Waals surface area contributed by atoms with Gasteiger partial charge in [0.05, 0.1) is 0 Å². The Morgan fingerprint density at radius 2 is 1.96 bits per heavy atom. The summed E-state index contributed by atoms with van der Waals surface area (Å²) in [5.41, 5.74) is -0.504. The number of aliphatic hydroxyl groups is 1. The average Bonchev–Trinajstić information content (AvgIpc) is 3.37. The molecule has 2 atom stereocenters. The highest BCUT2D eigenvalue weighted by Gasteiger charge is 2.35. The van der Waals surface area contributed by atoms with Gasteiger partial charge in [0, 0.05) is 19.1 Å². The Morgan fingerprint density at radius 3 is 2.54 bits per heavy atom. The SMILES string of the molecule is CN(C[C@H](O)COc1ccccc1)[C@H](CNC(=O)OC(C)(C)C)C1CC1. The number of carbonyl (C=O) groups excluding carboxylic acids is 1. The third-order valence-corrected chi connectivity index (χ3v) is 4.27. The lowest BCUT2D eigenvalue weighted by Gasteiger charge is -2.30. The molecule has 0 aliphatic heterocycles. The van der Waals surface area contributed by atoms with Crippen molar-refractivity contribution in [3.05, 3.63) is 30.3 Å². The first-order valence-corrected chi connectivity index (χ1v) is 9.27. The Hall–Kier alpha value is -1.79. The molecule has 6 nitrogen and oxygen atoms in total. The molecule has 0 unspecified atom stereocenters. The zero-order chi connectivity index (χ0) is 19.2. The monoisotopic (exact) mass is 364 g/mol. The fourth-order valence-electron chi connectivity index (χ4n) is 2.90. The van der Waals surface area contributed by atoms with Crippen LogP contribution in [0.3, 0.4) is 0 Å². The van der Waals surface area contributed by atoms with Crippen molar-refractivity contribution < 1.29 is 19.4 Å². The first-order valence-electron chi connectivity index (χ1n) is 9.27. The molecule has 6 heteroatoms. The molecule has 0 bridgehead atoms. The first-order chi connectivity index (χ1) is 12.2. The Balaban J connectivity index is 1.76. The van der Waals surface area contributed by atoms with Crippen LogP contribution in [0.4, 0.5) is 4.79 Å². The third kappa shape index (κ3) is 7.62. The average molecular weight is 364 g/mol. The van der Waals surface area contributed by atoms with Crippen LogP contribution in [0.25, 0.3) is 0 Å². The van der Waals surface area contributed by atoms with Gasteiger partial charge >= 0.3 is 6.09 Å². The van der Waals surface area contributed by atoms with Gasteiger partial charge < -0.3 is 19.9 Å². The van der Waals surface area contributed by atoms with E-state index in [0.717, 1.165) is 18.6 Å². The minimum absolute atomic E-state index is 0.189. The van der Waals surface area contributed by atoms with Gasteiger partial charge in [0.1, 0.15) is 24.1 Å². The van der Waals surface area contributed by atoms with Crippen molar-refractivity contribution in [3.8, 4) is 5.75 Å². The standard InChI is InChI=1S/C20H32N2O4/c1-20(2,3)26-19(24)21-12-18(15-10-11-15)22(4)13-16(23)14-25-17-8-6-5-7-9-17/h5-9,15-16,18,23H,10-14H2,1-4H3,(H,21,24)/t16-,18+/m0/s1. The van der Waals surface area contributed by atoms with Gasteiger partial charge in [-0.05, 0) is 58.7 Å². The lowest BCUT2D eigenvalue weighted by atomic mass is 10.1. The summed E-state index contributed by atoms with van der Waals surface area (Å²) in [6, 6.07) is 9.66. The molecule has 26 heavy (non-hydrogen) atoms. The summed E-state index contributed by atoms with van der Waals surface area (Å²) in [7, 11) is 1.98. The zero-order valence-electron chi connectivity index (χ0n) is 16.3. The quantitative estimate of drug-likeness (QED) is 0.705. The summed E-state index contributed by atoms with van der Waals surface area (Å²) in [5.74, 6) is 1.30. The molecule has 1 aliphatic carbocycles. The predicted octanol–water partition coefficient (Wildman–Crippen LogP) is 2.66. The van der Waals surface area contributed by atoms with Crippen LogP contribution < -0.4 is 10.1 Å². The Bertz CT molecular complexity index is 555. The summed E-state index contributed by atoms with van der Waals surface area (Å²) in [5, 5.41) is 13.1. The molecule has 0 spiro atoms. The number of likely N-dealkylation sites (N-methyl/N-ethyl adjacent to an activating group) is 1. The van der Waals surface area contributed by atoms with E-state index < -0.39 is 17.8 Å². The molecule has 1 aliphatic rings. The number of aliphatic hydroxyl groups excluding tert-OH is 1. The number of hydrogen-bond donors (Lipinski definition) is 2. The topological polar surface area (TPSA) is 71.0 Å². The maximum atomic E-state index is 11.9. The van der Waals surface area contributed by atoms with Crippen molar-refractivity contribution in [1.29, 1.82) is 0 Å². The summed E-state index contributed by atoms with van der Waals surface area (Å²) in [4.78, 5) is 14.0. The van der Waals surface area contributed by atoms with E-state index in [2.05, 4.69) is 10.2 Å². The second-order valence-corrected chi connectivity index (χ2v) is 8.01. The minimum atomic E-state index is -0.594. The van der Waals surface area contributed by atoms with E-state index in [9.17, 15) is 9.90 Å². The molecular formula is C20H32N2O4. The van der Waals surface area contributed by atoms with E-state index in [0.29, 0.717) is 19.0 Å². The van der Waals surface area contributed by atoms with Crippen molar-refractivity contribution in [2.75, 3.05) is 26.7 Å². The minimum Gasteiger partial charge on any atom is -0.491 e. The highest BCUT2D eigenvalue weighted by molar-refractivity contribution is 5.67. The van der Waals surface area contributed by atoms with Crippen LogP contribution in [0.15, 0.2) is 30.3 Å². The van der Waals surface area contributed by atoms with E-state index in [1.165, 1.54) is 0 Å². The van der Waals surface area contributed by atoms with Crippen LogP contribution in [0, 0.1) is 5.92 Å². The number of hydrogen-bond acceptors (Lipinski definition) is 5. The molecule has 0 saturated heterocycles. The molecule has 146 valence electrons. The molecule has 0 heterocycles. The van der Waals surface area contributed by atoms with Gasteiger partial charge in [-0.3, -0.25) is 4.90 Å². The number of rotatable bonds is 9. The number of amides is 1. The number of nitrogens with zero attached hydrogens (tertiary/aromatic N) is 1. The Morgan fingerprint density at radius 1 is 1.31 bits per heavy atom. The Labute approximate surface area is 156 Å². The van der Waals surface area contributed by atoms with E-state index in [1.807, 2.05) is 58.2 Å². The van der Waals surface area contributed by atoms with Crippen molar-refractivity contribution >= 4 is 6.09 Å². The third-order valence-electron chi connectivity index (χ3n) is 4.27. The van der Waals surface area contributed by atoms with Gasteiger partial charge in [0.15, 0.2) is 0 Å². The molecule has 1 amide bonds. The maximum Gasteiger partial charge on any atom is 0.407 e. The smallest absolute Gasteiger partial charge is 0.407 e. The van der Waals surface area contributed by atoms with Crippen molar-refractivity contribution in [2.45, 2.75) is 51.4 Å². The normalized spacial score (nSPS) is 16.8. The Kier molecular flexibility index (Phi) is 7.29. The highest BCUT2D eigenvalue weighted by atomic mass is 16.6. The molecule has 0 radical (unpaired) electrons. The van der Waals surface area contributed by atoms with E-state index >= 15 is 0 Å². The number of para-hydroxylation sites is 1. The number of benzene rings is 1. The largest absolute Gasteiger partial charge is 0.491 e. The molecular weight excluding hydrogens is 332 g/mol. The van der Waals surface area contributed by atoms with Crippen molar-refractivity contribution in [1.82, 2.24) is 10.2 Å². The maximum absolute atomic E-state index is 11.9. The predicted molar refractivity (Wildman–Crippen MR) is 101 cm³/mol. The number of ether oxygens (including phenoxy) is 2. The van der Waals surface area contributed by atoms with Crippen molar-refractivity contribution in [3.63, 3.8) is 0 Å². The summed E-state index contributed by atoms with van der Waals surface area (Å²) < 4.78 is 10.9. The first kappa shape index (κ1) is 20.5. The molecule has 0 aromatic heterocycles. The van der Waals surface area contributed by atoms with Gasteiger partial charge in [-0.15, -0.1) is 0 Å². The summed E-state index contributed by atoms with van der Waals surface area (Å²) in [6.07, 6.45) is 1.32. The van der Waals surface area contributed by atoms with Gasteiger partial charge in [-0.2, -0.15) is 0 Å². The van der Waals surface area contributed by atoms with Crippen LogP contribution in [0.5, 0.6) is 5.75 Å². The second-order valence-electron chi connectivity index (χ2n) is 8.01. The lowest BCUT2D eigenvalue weighted by molar-refractivity contribution is 0.0454. The molecule has 1 saturated carbocycles. The van der Waals surface area contributed by atoms with Crippen LogP contribution >= 0.6 is 0 Å². The van der Waals surface area contributed by atoms with Gasteiger partial charge in [0.25, 0.3) is 0 Å². The molecule has 2 N–H and O–H groups in total. The fraction of sp³-hybridized carbons (Fsp3) is 0.650. The van der Waals surface area contributed by atoms with Crippen LogP contribution in [-0.2, 0) is 4.74 Å².